The lowest BCUT2D eigenvalue weighted by atomic mass is 9.77. The monoisotopic (exact) mass is 175 g/mol. The summed E-state index contributed by atoms with van der Waals surface area (Å²) in [6, 6.07) is 2.28. The Balaban J connectivity index is 3.24. The first-order chi connectivity index (χ1) is 5.95. The minimum Gasteiger partial charge on any atom is -0.198 e. The van der Waals surface area contributed by atoms with Gasteiger partial charge in [-0.2, -0.15) is 5.26 Å². The first-order valence-corrected chi connectivity index (χ1v) is 4.68. The fourth-order valence-corrected chi connectivity index (χ4v) is 2.09. The molecular formula is C12H17N. The van der Waals surface area contributed by atoms with Gasteiger partial charge >= 0.3 is 0 Å². The normalized spacial score (nSPS) is 20.9. The van der Waals surface area contributed by atoms with Gasteiger partial charge in [-0.3, -0.25) is 0 Å². The van der Waals surface area contributed by atoms with E-state index in [2.05, 4.69) is 40.7 Å². The largest absolute Gasteiger partial charge is 0.198 e. The second kappa shape index (κ2) is 3.03. The van der Waals surface area contributed by atoms with Crippen LogP contribution in [0.15, 0.2) is 22.3 Å². The van der Waals surface area contributed by atoms with Crippen molar-refractivity contribution < 1.29 is 0 Å². The van der Waals surface area contributed by atoms with Gasteiger partial charge in [0.2, 0.25) is 0 Å². The van der Waals surface area contributed by atoms with Crippen molar-refractivity contribution in [1.29, 1.82) is 5.26 Å². The van der Waals surface area contributed by atoms with Crippen LogP contribution in [-0.4, -0.2) is 0 Å². The molecule has 0 aliphatic heterocycles. The van der Waals surface area contributed by atoms with Crippen molar-refractivity contribution in [2.75, 3.05) is 0 Å². The smallest absolute Gasteiger partial charge is 0.0634 e. The molecule has 0 saturated carbocycles. The van der Waals surface area contributed by atoms with Crippen LogP contribution in [0.2, 0.25) is 0 Å². The zero-order valence-electron chi connectivity index (χ0n) is 9.15. The molecule has 0 N–H and O–H groups in total. The highest BCUT2D eigenvalue weighted by molar-refractivity contribution is 5.50. The van der Waals surface area contributed by atoms with Crippen LogP contribution in [0.5, 0.6) is 0 Å². The van der Waals surface area contributed by atoms with Gasteiger partial charge in [-0.15, -0.1) is 0 Å². The van der Waals surface area contributed by atoms with E-state index in [0.29, 0.717) is 6.42 Å². The third-order valence-electron chi connectivity index (χ3n) is 3.78. The van der Waals surface area contributed by atoms with E-state index in [0.717, 1.165) is 0 Å². The molecule has 0 fully saturated rings. The summed E-state index contributed by atoms with van der Waals surface area (Å²) >= 11 is 0. The SMILES string of the molecule is CC1=C(C)C(C)(CC#N)C(C)=C1C. The van der Waals surface area contributed by atoms with E-state index < -0.39 is 0 Å². The summed E-state index contributed by atoms with van der Waals surface area (Å²) in [5.41, 5.74) is 5.47. The molecule has 0 bridgehead atoms. The molecule has 1 nitrogen and oxygen atoms in total. The van der Waals surface area contributed by atoms with E-state index in [4.69, 9.17) is 5.26 Å². The molecule has 0 atom stereocenters. The van der Waals surface area contributed by atoms with Gasteiger partial charge in [0.05, 0.1) is 6.07 Å². The number of hydrogen-bond donors (Lipinski definition) is 0. The molecule has 13 heavy (non-hydrogen) atoms. The Morgan fingerprint density at radius 2 is 1.46 bits per heavy atom. The molecule has 0 radical (unpaired) electrons. The molecule has 0 amide bonds. The first kappa shape index (κ1) is 10.1. The lowest BCUT2D eigenvalue weighted by molar-refractivity contribution is 0.499. The highest BCUT2D eigenvalue weighted by Gasteiger charge is 2.35. The Morgan fingerprint density at radius 1 is 1.08 bits per heavy atom. The van der Waals surface area contributed by atoms with Crippen molar-refractivity contribution in [2.45, 2.75) is 41.0 Å². The minimum atomic E-state index is 0.00289. The standard InChI is InChI=1S/C12H17N/c1-8-9(2)11(4)12(5,6-7-13)10(8)3/h6H2,1-5H3. The Morgan fingerprint density at radius 3 is 1.77 bits per heavy atom. The van der Waals surface area contributed by atoms with Crippen LogP contribution in [0.1, 0.15) is 41.0 Å². The molecule has 0 unspecified atom stereocenters. The van der Waals surface area contributed by atoms with Gasteiger partial charge in [0, 0.05) is 11.8 Å². The van der Waals surface area contributed by atoms with Gasteiger partial charge in [0.15, 0.2) is 0 Å². The summed E-state index contributed by atoms with van der Waals surface area (Å²) in [4.78, 5) is 0. The van der Waals surface area contributed by atoms with Crippen molar-refractivity contribution in [3.8, 4) is 6.07 Å². The lowest BCUT2D eigenvalue weighted by Crippen LogP contribution is -2.16. The molecule has 1 aliphatic rings. The van der Waals surface area contributed by atoms with Crippen LogP contribution in [0, 0.1) is 16.7 Å². The van der Waals surface area contributed by atoms with Crippen molar-refractivity contribution >= 4 is 0 Å². The van der Waals surface area contributed by atoms with Crippen LogP contribution >= 0.6 is 0 Å². The highest BCUT2D eigenvalue weighted by Crippen LogP contribution is 2.48. The van der Waals surface area contributed by atoms with Crippen molar-refractivity contribution in [2.24, 2.45) is 5.41 Å². The average molecular weight is 175 g/mol. The maximum atomic E-state index is 8.80. The fraction of sp³-hybridized carbons (Fsp3) is 0.583. The van der Waals surface area contributed by atoms with Crippen LogP contribution < -0.4 is 0 Å². The Labute approximate surface area is 80.8 Å². The molecule has 0 heterocycles. The maximum Gasteiger partial charge on any atom is 0.0634 e. The Kier molecular flexibility index (Phi) is 2.34. The Hall–Kier alpha value is -1.03. The molecule has 0 aromatic carbocycles. The van der Waals surface area contributed by atoms with Crippen LogP contribution in [0.25, 0.3) is 0 Å². The fourth-order valence-electron chi connectivity index (χ4n) is 2.09. The van der Waals surface area contributed by atoms with Gasteiger partial charge in [-0.05, 0) is 38.8 Å². The second-order valence-electron chi connectivity index (χ2n) is 4.17. The van der Waals surface area contributed by atoms with E-state index >= 15 is 0 Å². The molecule has 1 heteroatoms. The Bertz CT molecular complexity index is 313. The first-order valence-electron chi connectivity index (χ1n) is 4.68. The van der Waals surface area contributed by atoms with Crippen LogP contribution in [0.4, 0.5) is 0 Å². The van der Waals surface area contributed by atoms with Gasteiger partial charge in [-0.25, -0.2) is 0 Å². The van der Waals surface area contributed by atoms with Crippen LogP contribution in [-0.2, 0) is 0 Å². The lowest BCUT2D eigenvalue weighted by Gasteiger charge is -2.25. The third-order valence-corrected chi connectivity index (χ3v) is 3.78. The second-order valence-corrected chi connectivity index (χ2v) is 4.17. The molecule has 0 aromatic rings. The quantitative estimate of drug-likeness (QED) is 0.597. The van der Waals surface area contributed by atoms with Crippen molar-refractivity contribution in [3.63, 3.8) is 0 Å². The minimum absolute atomic E-state index is 0.00289. The zero-order valence-corrected chi connectivity index (χ0v) is 9.15. The topological polar surface area (TPSA) is 23.8 Å². The molecule has 0 spiro atoms. The van der Waals surface area contributed by atoms with Gasteiger partial charge < -0.3 is 0 Å². The molecule has 0 aromatic heterocycles. The summed E-state index contributed by atoms with van der Waals surface area (Å²) < 4.78 is 0. The summed E-state index contributed by atoms with van der Waals surface area (Å²) in [6.07, 6.45) is 0.597. The molecular weight excluding hydrogens is 158 g/mol. The number of allylic oxidation sites excluding steroid dienone is 4. The van der Waals surface area contributed by atoms with Gasteiger partial charge in [0.1, 0.15) is 0 Å². The summed E-state index contributed by atoms with van der Waals surface area (Å²) in [6.45, 7) is 10.8. The summed E-state index contributed by atoms with van der Waals surface area (Å²) in [5, 5.41) is 8.80. The van der Waals surface area contributed by atoms with E-state index in [1.54, 1.807) is 0 Å². The number of rotatable bonds is 1. The van der Waals surface area contributed by atoms with Gasteiger partial charge in [-0.1, -0.05) is 18.1 Å². The van der Waals surface area contributed by atoms with Crippen molar-refractivity contribution in [1.82, 2.24) is 0 Å². The number of nitriles is 1. The molecule has 1 aliphatic carbocycles. The molecule has 1 rings (SSSR count). The molecule has 0 saturated heterocycles. The predicted molar refractivity (Wildman–Crippen MR) is 55.1 cm³/mol. The van der Waals surface area contributed by atoms with E-state index in [-0.39, 0.29) is 5.41 Å². The van der Waals surface area contributed by atoms with E-state index in [9.17, 15) is 0 Å². The highest BCUT2D eigenvalue weighted by atomic mass is 14.4. The number of hydrogen-bond acceptors (Lipinski definition) is 1. The van der Waals surface area contributed by atoms with Gasteiger partial charge in [0.25, 0.3) is 0 Å². The molecule has 70 valence electrons. The summed E-state index contributed by atoms with van der Waals surface area (Å²) in [5.74, 6) is 0. The average Bonchev–Trinajstić information content (AvgIpc) is 2.23. The zero-order chi connectivity index (χ0) is 10.2. The summed E-state index contributed by atoms with van der Waals surface area (Å²) in [7, 11) is 0. The number of nitrogens with zero attached hydrogens (tertiary/aromatic N) is 1. The van der Waals surface area contributed by atoms with Crippen molar-refractivity contribution in [3.05, 3.63) is 22.3 Å². The predicted octanol–water partition coefficient (Wildman–Crippen LogP) is 3.59. The third kappa shape index (κ3) is 1.21. The van der Waals surface area contributed by atoms with E-state index in [1.807, 2.05) is 0 Å². The van der Waals surface area contributed by atoms with E-state index in [1.165, 1.54) is 22.3 Å². The maximum absolute atomic E-state index is 8.80. The van der Waals surface area contributed by atoms with Crippen LogP contribution in [0.3, 0.4) is 0 Å².